The molecule has 4 rings (SSSR count). The first-order chi connectivity index (χ1) is 15.5. The predicted octanol–water partition coefficient (Wildman–Crippen LogP) is 3.24. The van der Waals surface area contributed by atoms with E-state index >= 15 is 0 Å². The van der Waals surface area contributed by atoms with Crippen molar-refractivity contribution in [2.45, 2.75) is 25.9 Å². The molecule has 2 heterocycles. The number of carbonyl (C=O) groups is 2. The number of hydrogen-bond acceptors (Lipinski definition) is 5. The molecule has 1 amide bonds. The quantitative estimate of drug-likeness (QED) is 0.549. The second-order valence-corrected chi connectivity index (χ2v) is 8.27. The van der Waals surface area contributed by atoms with Crippen LogP contribution in [0.25, 0.3) is 10.9 Å². The standard InChI is InChI=1S/C25H29N3O4/c1-31-22-10-9-17(12-23(22)32-2)25(30)18-6-5-11-27(13-18)14-19-15-28(16-24(26)29)21-8-4-3-7-20(19)21/h3-4,7-10,12,15,18H,5-6,11,13-14,16H2,1-2H3,(H2,26,29)/t18-/m0/s1. The van der Waals surface area contributed by atoms with Crippen LogP contribution in [0.5, 0.6) is 11.5 Å². The minimum Gasteiger partial charge on any atom is -0.493 e. The summed E-state index contributed by atoms with van der Waals surface area (Å²) in [6.45, 7) is 2.51. The summed E-state index contributed by atoms with van der Waals surface area (Å²) in [5.41, 5.74) is 8.21. The summed E-state index contributed by atoms with van der Waals surface area (Å²) in [7, 11) is 3.15. The van der Waals surface area contributed by atoms with Crippen molar-refractivity contribution in [1.82, 2.24) is 9.47 Å². The van der Waals surface area contributed by atoms with Gasteiger partial charge >= 0.3 is 0 Å². The minimum absolute atomic E-state index is 0.0687. The van der Waals surface area contributed by atoms with Crippen molar-refractivity contribution < 1.29 is 19.1 Å². The Morgan fingerprint density at radius 3 is 2.62 bits per heavy atom. The molecule has 1 atom stereocenters. The first-order valence-electron chi connectivity index (χ1n) is 10.8. The summed E-state index contributed by atoms with van der Waals surface area (Å²) in [6, 6.07) is 13.4. The molecule has 168 valence electrons. The van der Waals surface area contributed by atoms with Gasteiger partial charge in [-0.1, -0.05) is 18.2 Å². The molecule has 1 aliphatic rings. The van der Waals surface area contributed by atoms with Gasteiger partial charge in [-0.2, -0.15) is 0 Å². The number of carbonyl (C=O) groups excluding carboxylic acids is 2. The fourth-order valence-corrected chi connectivity index (χ4v) is 4.63. The molecule has 1 fully saturated rings. The topological polar surface area (TPSA) is 86.8 Å². The van der Waals surface area contributed by atoms with Crippen molar-refractivity contribution in [3.8, 4) is 11.5 Å². The van der Waals surface area contributed by atoms with Crippen LogP contribution in [-0.2, 0) is 17.9 Å². The molecule has 0 unspecified atom stereocenters. The fraction of sp³-hybridized carbons (Fsp3) is 0.360. The van der Waals surface area contributed by atoms with E-state index < -0.39 is 0 Å². The SMILES string of the molecule is COc1ccc(C(=O)[C@H]2CCCN(Cc3cn(CC(N)=O)c4ccccc34)C2)cc1OC. The highest BCUT2D eigenvalue weighted by Crippen LogP contribution is 2.31. The first kappa shape index (κ1) is 21.9. The molecular formula is C25H29N3O4. The number of methoxy groups -OCH3 is 2. The Morgan fingerprint density at radius 2 is 1.88 bits per heavy atom. The maximum Gasteiger partial charge on any atom is 0.237 e. The Hall–Kier alpha value is -3.32. The van der Waals surface area contributed by atoms with E-state index in [4.69, 9.17) is 15.2 Å². The lowest BCUT2D eigenvalue weighted by molar-refractivity contribution is -0.118. The van der Waals surface area contributed by atoms with Gasteiger partial charge in [-0.15, -0.1) is 0 Å². The fourth-order valence-electron chi connectivity index (χ4n) is 4.63. The second kappa shape index (κ2) is 9.44. The number of amides is 1. The molecule has 0 radical (unpaired) electrons. The number of nitrogens with two attached hydrogens (primary N) is 1. The maximum absolute atomic E-state index is 13.2. The number of benzene rings is 2. The molecule has 3 aromatic rings. The van der Waals surface area contributed by atoms with Crippen LogP contribution in [0.2, 0.25) is 0 Å². The molecular weight excluding hydrogens is 406 g/mol. The number of primary amides is 1. The summed E-state index contributed by atoms with van der Waals surface area (Å²) in [5.74, 6) is 0.874. The zero-order valence-corrected chi connectivity index (χ0v) is 18.5. The van der Waals surface area contributed by atoms with Crippen molar-refractivity contribution in [1.29, 1.82) is 0 Å². The molecule has 0 saturated carbocycles. The van der Waals surface area contributed by atoms with Crippen molar-refractivity contribution in [2.75, 3.05) is 27.3 Å². The van der Waals surface area contributed by atoms with Crippen LogP contribution in [0.3, 0.4) is 0 Å². The van der Waals surface area contributed by atoms with Crippen LogP contribution in [0.1, 0.15) is 28.8 Å². The van der Waals surface area contributed by atoms with Gasteiger partial charge in [0.2, 0.25) is 5.91 Å². The molecule has 7 nitrogen and oxygen atoms in total. The Labute approximate surface area is 187 Å². The van der Waals surface area contributed by atoms with Crippen molar-refractivity contribution in [3.63, 3.8) is 0 Å². The molecule has 0 aliphatic carbocycles. The lowest BCUT2D eigenvalue weighted by Gasteiger charge is -2.32. The van der Waals surface area contributed by atoms with Gasteiger partial charge in [0.05, 0.1) is 14.2 Å². The minimum atomic E-state index is -0.365. The van der Waals surface area contributed by atoms with Crippen LogP contribution in [0.4, 0.5) is 0 Å². The highest BCUT2D eigenvalue weighted by atomic mass is 16.5. The van der Waals surface area contributed by atoms with Gasteiger partial charge in [0.25, 0.3) is 0 Å². The molecule has 32 heavy (non-hydrogen) atoms. The van der Waals surface area contributed by atoms with Crippen LogP contribution in [0, 0.1) is 5.92 Å². The summed E-state index contributed by atoms with van der Waals surface area (Å²) >= 11 is 0. The average Bonchev–Trinajstić information content (AvgIpc) is 3.14. The number of likely N-dealkylation sites (tertiary alicyclic amines) is 1. The number of rotatable bonds is 8. The Kier molecular flexibility index (Phi) is 6.46. The summed E-state index contributed by atoms with van der Waals surface area (Å²) < 4.78 is 12.6. The van der Waals surface area contributed by atoms with E-state index in [0.717, 1.165) is 42.4 Å². The van der Waals surface area contributed by atoms with E-state index in [1.807, 2.05) is 29.0 Å². The van der Waals surface area contributed by atoms with Crippen LogP contribution < -0.4 is 15.2 Å². The number of piperidine rings is 1. The molecule has 2 N–H and O–H groups in total. The number of Topliss-reactive ketones (excluding diaryl/α,β-unsaturated/α-hetero) is 1. The smallest absolute Gasteiger partial charge is 0.237 e. The number of para-hydroxylation sites is 1. The summed E-state index contributed by atoms with van der Waals surface area (Å²) in [6.07, 6.45) is 3.84. The molecule has 1 saturated heterocycles. The molecule has 2 aromatic carbocycles. The van der Waals surface area contributed by atoms with E-state index in [1.165, 1.54) is 0 Å². The summed E-state index contributed by atoms with van der Waals surface area (Å²) in [5, 5.41) is 1.11. The monoisotopic (exact) mass is 435 g/mol. The number of ketones is 1. The van der Waals surface area contributed by atoms with Crippen LogP contribution >= 0.6 is 0 Å². The van der Waals surface area contributed by atoms with Gasteiger partial charge in [-0.05, 0) is 49.2 Å². The third-order valence-electron chi connectivity index (χ3n) is 6.14. The predicted molar refractivity (Wildman–Crippen MR) is 123 cm³/mol. The zero-order chi connectivity index (χ0) is 22.7. The third-order valence-corrected chi connectivity index (χ3v) is 6.14. The molecule has 0 spiro atoms. The van der Waals surface area contributed by atoms with Gasteiger partial charge in [0.15, 0.2) is 17.3 Å². The number of aromatic nitrogens is 1. The van der Waals surface area contributed by atoms with E-state index in [1.54, 1.807) is 32.4 Å². The Bertz CT molecular complexity index is 1140. The number of nitrogens with zero attached hydrogens (tertiary/aromatic N) is 2. The van der Waals surface area contributed by atoms with Gasteiger partial charge < -0.3 is 19.8 Å². The average molecular weight is 436 g/mol. The molecule has 1 aromatic heterocycles. The number of ether oxygens (including phenoxy) is 2. The molecule has 1 aliphatic heterocycles. The van der Waals surface area contributed by atoms with Crippen molar-refractivity contribution in [3.05, 3.63) is 59.8 Å². The second-order valence-electron chi connectivity index (χ2n) is 8.27. The van der Waals surface area contributed by atoms with Gasteiger partial charge in [0, 0.05) is 41.7 Å². The van der Waals surface area contributed by atoms with Gasteiger partial charge in [-0.3, -0.25) is 14.5 Å². The zero-order valence-electron chi connectivity index (χ0n) is 18.5. The van der Waals surface area contributed by atoms with Crippen molar-refractivity contribution >= 4 is 22.6 Å². The third kappa shape index (κ3) is 4.48. The highest BCUT2D eigenvalue weighted by molar-refractivity contribution is 5.98. The highest BCUT2D eigenvalue weighted by Gasteiger charge is 2.28. The lowest BCUT2D eigenvalue weighted by atomic mass is 9.89. The molecule has 7 heteroatoms. The normalized spacial score (nSPS) is 16.8. The lowest BCUT2D eigenvalue weighted by Crippen LogP contribution is -2.38. The van der Waals surface area contributed by atoms with Gasteiger partial charge in [0.1, 0.15) is 6.54 Å². The van der Waals surface area contributed by atoms with E-state index in [0.29, 0.717) is 23.6 Å². The maximum atomic E-state index is 13.2. The van der Waals surface area contributed by atoms with Gasteiger partial charge in [-0.25, -0.2) is 0 Å². The van der Waals surface area contributed by atoms with Crippen LogP contribution in [0.15, 0.2) is 48.7 Å². The van der Waals surface area contributed by atoms with E-state index in [2.05, 4.69) is 11.0 Å². The van der Waals surface area contributed by atoms with E-state index in [9.17, 15) is 9.59 Å². The van der Waals surface area contributed by atoms with Crippen LogP contribution in [-0.4, -0.2) is 48.5 Å². The number of hydrogen-bond donors (Lipinski definition) is 1. The largest absolute Gasteiger partial charge is 0.493 e. The summed E-state index contributed by atoms with van der Waals surface area (Å²) in [4.78, 5) is 27.0. The number of fused-ring (bicyclic) bond motifs is 1. The first-order valence-corrected chi connectivity index (χ1v) is 10.8. The Morgan fingerprint density at radius 1 is 1.09 bits per heavy atom. The molecule has 0 bridgehead atoms. The Balaban J connectivity index is 1.51. The van der Waals surface area contributed by atoms with E-state index in [-0.39, 0.29) is 24.2 Å². The van der Waals surface area contributed by atoms with Crippen molar-refractivity contribution in [2.24, 2.45) is 11.7 Å².